The lowest BCUT2D eigenvalue weighted by Gasteiger charge is -2.43. The Balaban J connectivity index is -0.000000159. The molecule has 0 bridgehead atoms. The van der Waals surface area contributed by atoms with Crippen LogP contribution in [0, 0.1) is 11.5 Å². The highest BCUT2D eigenvalue weighted by atomic mass is 127. The summed E-state index contributed by atoms with van der Waals surface area (Å²) in [6, 6.07) is 26.8. The van der Waals surface area contributed by atoms with Crippen LogP contribution >= 0.6 is 12.6 Å². The highest BCUT2D eigenvalue weighted by molar-refractivity contribution is 7.82. The number of halogens is 2. The summed E-state index contributed by atoms with van der Waals surface area (Å²) >= 11 is 4.16. The van der Waals surface area contributed by atoms with E-state index in [0.29, 0.717) is 12.8 Å². The lowest BCUT2D eigenvalue weighted by atomic mass is 10.2. The van der Waals surface area contributed by atoms with Crippen molar-refractivity contribution in [2.45, 2.75) is 220 Å². The van der Waals surface area contributed by atoms with Gasteiger partial charge in [-0.2, -0.15) is 12.6 Å². The predicted molar refractivity (Wildman–Crippen MR) is 356 cm³/mol. The van der Waals surface area contributed by atoms with Crippen LogP contribution in [0.25, 0.3) is 0 Å². The quantitative estimate of drug-likeness (QED) is 0.0215. The van der Waals surface area contributed by atoms with Gasteiger partial charge in [0, 0.05) is 66.2 Å². The summed E-state index contributed by atoms with van der Waals surface area (Å²) in [5.41, 5.74) is 10.6. The molecule has 0 aliphatic rings. The van der Waals surface area contributed by atoms with Crippen molar-refractivity contribution in [1.29, 1.82) is 0 Å². The number of aliphatic hydroxyl groups excluding tert-OH is 2. The van der Waals surface area contributed by atoms with E-state index in [1.807, 2.05) is 19.6 Å². The number of ether oxygens (including phenoxy) is 1. The van der Waals surface area contributed by atoms with Gasteiger partial charge in [0.25, 0.3) is 8.32 Å². The molecule has 19 heteroatoms. The molecule has 77 heavy (non-hydrogen) atoms. The van der Waals surface area contributed by atoms with Crippen LogP contribution in [0.3, 0.4) is 0 Å². The minimum absolute atomic E-state index is 0. The van der Waals surface area contributed by atoms with Gasteiger partial charge >= 0.3 is 5.97 Å². The van der Waals surface area contributed by atoms with Crippen LogP contribution in [-0.4, -0.2) is 136 Å². The van der Waals surface area contributed by atoms with Crippen LogP contribution in [0.15, 0.2) is 60.7 Å². The lowest BCUT2D eigenvalue weighted by molar-refractivity contribution is -0.369. The summed E-state index contributed by atoms with van der Waals surface area (Å²) in [6.45, 7) is 50.8. The fourth-order valence-electron chi connectivity index (χ4n) is 6.58. The van der Waals surface area contributed by atoms with E-state index >= 15 is 0 Å². The first-order valence-corrected chi connectivity index (χ1v) is 51.9. The number of aliphatic hydroxyl groups is 2. The van der Waals surface area contributed by atoms with Crippen molar-refractivity contribution in [3.8, 4) is 11.5 Å². The highest BCUT2D eigenvalue weighted by Gasteiger charge is 2.50. The standard InChI is InChI=1S/C19H27NOSi.C15H35NOSi.C6H10O2Si.2C5H14OSi.C4H12OSi.C4H12SSi.2HI/c1-19(2,3)22(21-16-10-15-20,17-11-6-4-7-12-17)18-13-8-5-9-14-18;1-4-7-13-18(14-8-5-2,15-9-6-3)17-12-10-11-16;1-9(2,3)5-4-6(7)8;1-6-5-7(2,3)4;1-7(2,3)5-4-6;2*1-6(2,3)4-5;;/h4-9,11-14H,10,15-16,20H2,1-3H3;4-16H2,1-3H3;1-3H3,(H,7,8);5H2,1-4H3;6H,4-5H2,1-3H3;2*5H,4H2,1-3H3;2*1H. The van der Waals surface area contributed by atoms with Crippen molar-refractivity contribution < 1.29 is 93.1 Å². The Morgan fingerprint density at radius 1 is 0.584 bits per heavy atom. The Morgan fingerprint density at radius 2 is 0.935 bits per heavy atom. The minimum Gasteiger partial charge on any atom is -1.00 e. The molecule has 0 unspecified atom stereocenters. The van der Waals surface area contributed by atoms with Gasteiger partial charge in [0.15, 0.2) is 8.32 Å². The zero-order valence-electron chi connectivity index (χ0n) is 54.0. The molecule has 0 aliphatic heterocycles. The van der Waals surface area contributed by atoms with Crippen LogP contribution in [0.5, 0.6) is 0 Å². The van der Waals surface area contributed by atoms with Crippen molar-refractivity contribution in [2.24, 2.45) is 0 Å². The fourth-order valence-corrected chi connectivity index (χ4v) is 18.0. The largest absolute Gasteiger partial charge is 1.00 e. The van der Waals surface area contributed by atoms with Gasteiger partial charge in [0.2, 0.25) is 0 Å². The Bertz CT molecular complexity index is 1590. The van der Waals surface area contributed by atoms with Crippen molar-refractivity contribution >= 4 is 86.0 Å². The molecule has 0 heterocycles. The van der Waals surface area contributed by atoms with E-state index in [-0.39, 0.29) is 53.0 Å². The zero-order chi connectivity index (χ0) is 59.5. The molecule has 0 aliphatic carbocycles. The monoisotopic (exact) mass is 1440 g/mol. The number of methoxy groups -OCH3 is 1. The summed E-state index contributed by atoms with van der Waals surface area (Å²) in [7, 11) is -7.07. The Labute approximate surface area is 524 Å². The molecule has 9 nitrogen and oxygen atoms in total. The summed E-state index contributed by atoms with van der Waals surface area (Å²) < 4.78 is 18.1. The molecule has 0 saturated heterocycles. The molecule has 2 rings (SSSR count). The summed E-state index contributed by atoms with van der Waals surface area (Å²) in [5.74, 6) is 1.08. The van der Waals surface area contributed by atoms with Crippen LogP contribution in [0.1, 0.15) is 92.9 Å². The minimum atomic E-state index is -2.31. The van der Waals surface area contributed by atoms with Gasteiger partial charge in [-0.3, -0.25) is 0 Å². The fraction of sp³-hybridized carbons (Fsp3) is 0.741. The van der Waals surface area contributed by atoms with Crippen LogP contribution < -0.4 is 69.8 Å². The third-order valence-corrected chi connectivity index (χ3v) is 29.0. The van der Waals surface area contributed by atoms with Crippen LogP contribution in [0.4, 0.5) is 0 Å². The van der Waals surface area contributed by atoms with Gasteiger partial charge in [-0.15, -0.1) is 5.54 Å². The average Bonchev–Trinajstić information content (AvgIpc) is 3.30. The number of carboxylic acids is 1. The Hall–Kier alpha value is 0.518. The Morgan fingerprint density at radius 3 is 1.12 bits per heavy atom. The summed E-state index contributed by atoms with van der Waals surface area (Å²) in [6.07, 6.45) is 11.6. The number of carbonyl (C=O) groups is 1. The van der Waals surface area contributed by atoms with Crippen molar-refractivity contribution in [2.75, 3.05) is 57.9 Å². The van der Waals surface area contributed by atoms with Gasteiger partial charge in [0.1, 0.15) is 8.07 Å². The van der Waals surface area contributed by atoms with E-state index in [9.17, 15) is 4.79 Å². The van der Waals surface area contributed by atoms with E-state index < -0.39 is 63.0 Å². The lowest BCUT2D eigenvalue weighted by Crippen LogP contribution is -3.00. The number of quaternary nitrogens is 2. The van der Waals surface area contributed by atoms with E-state index in [1.165, 1.54) is 67.0 Å². The zero-order valence-corrected chi connectivity index (χ0v) is 66.2. The maximum absolute atomic E-state index is 9.89. The van der Waals surface area contributed by atoms with Crippen LogP contribution in [-0.2, 0) is 18.4 Å². The maximum atomic E-state index is 9.89. The van der Waals surface area contributed by atoms with E-state index in [1.54, 1.807) is 7.11 Å². The molecule has 2 aromatic rings. The van der Waals surface area contributed by atoms with Crippen molar-refractivity contribution in [1.82, 2.24) is 0 Å². The topological polar surface area (TPSA) is 161 Å². The molecule has 9 N–H and O–H groups in total. The number of rotatable bonds is 25. The molecule has 0 fully saturated rings. The van der Waals surface area contributed by atoms with Gasteiger partial charge in [-0.1, -0.05) is 239 Å². The first kappa shape index (κ1) is 91.3. The van der Waals surface area contributed by atoms with Crippen molar-refractivity contribution in [3.05, 3.63) is 60.7 Å². The van der Waals surface area contributed by atoms with Crippen molar-refractivity contribution in [3.63, 3.8) is 0 Å². The first-order chi connectivity index (χ1) is 34.4. The molecule has 0 spiro atoms. The maximum Gasteiger partial charge on any atom is 0.381 e. The summed E-state index contributed by atoms with van der Waals surface area (Å²) in [4.78, 5) is 9.89. The van der Waals surface area contributed by atoms with Gasteiger partial charge in [0.05, 0.1) is 37.3 Å². The average molecular weight is 1450 g/mol. The van der Waals surface area contributed by atoms with Gasteiger partial charge in [-0.25, -0.2) is 4.79 Å². The highest BCUT2D eigenvalue weighted by Crippen LogP contribution is 2.37. The van der Waals surface area contributed by atoms with Crippen LogP contribution in [0.2, 0.25) is 127 Å². The number of aliphatic carboxylic acids is 1. The molecular formula is C58H126I2N2O7SSi7. The molecular weight excluding hydrogens is 1320 g/mol. The Kier molecular flexibility index (Phi) is 60.4. The van der Waals surface area contributed by atoms with E-state index in [4.69, 9.17) is 28.9 Å². The van der Waals surface area contributed by atoms with Gasteiger partial charge in [-0.05, 0) is 45.0 Å². The normalized spacial score (nSPS) is 11.5. The second-order valence-corrected chi connectivity index (χ2v) is 62.6. The second-order valence-electron chi connectivity index (χ2n) is 26.5. The second kappa shape index (κ2) is 51.0. The molecule has 458 valence electrons. The van der Waals surface area contributed by atoms with E-state index in [2.05, 4.69) is 216 Å². The van der Waals surface area contributed by atoms with Gasteiger partial charge < -0.3 is 88.3 Å². The number of thiol groups is 1. The first-order valence-electron chi connectivity index (χ1n) is 28.5. The molecule has 0 amide bonds. The number of unbranched alkanes of at least 4 members (excludes halogenated alkanes) is 3. The number of carboxylic acid groups (broad SMARTS) is 1. The third kappa shape index (κ3) is 59.5. The SMILES string of the molecule is CC(C)(C)[Si](OCCC[NH3+])(c1ccccc1)c1ccccc1.CCCC[Si](CCCC)(CCCC)OCCC[NH3+].COC[Si](C)(C)C.C[Si](C)(C)C#CC(=O)O.C[Si](C)(C)CCO.C[Si](C)(C)CO.C[Si](C)(C)CS.[I-].[I-]. The molecule has 0 atom stereocenters. The molecule has 0 aromatic heterocycles. The summed E-state index contributed by atoms with van der Waals surface area (Å²) in [5, 5.41) is 28.9. The van der Waals surface area contributed by atoms with E-state index in [0.717, 1.165) is 56.8 Å². The smallest absolute Gasteiger partial charge is 0.381 e. The number of hydrogen-bond donors (Lipinski definition) is 6. The number of hydrogen-bond acceptors (Lipinski definition) is 7. The predicted octanol–water partition coefficient (Wildman–Crippen LogP) is 6.61. The third-order valence-electron chi connectivity index (χ3n) is 10.8. The molecule has 0 saturated carbocycles. The molecule has 0 radical (unpaired) electrons. The number of benzene rings is 2. The molecule has 2 aromatic carbocycles.